The summed E-state index contributed by atoms with van der Waals surface area (Å²) in [5.41, 5.74) is 0.881. The fourth-order valence-electron chi connectivity index (χ4n) is 0.966. The van der Waals surface area contributed by atoms with Gasteiger partial charge in [-0.25, -0.2) is 9.97 Å². The minimum absolute atomic E-state index is 0.387. The summed E-state index contributed by atoms with van der Waals surface area (Å²) < 4.78 is 0. The van der Waals surface area contributed by atoms with Gasteiger partial charge in [-0.15, -0.1) is 0 Å². The van der Waals surface area contributed by atoms with E-state index in [0.717, 1.165) is 5.69 Å². The fourth-order valence-corrected chi connectivity index (χ4v) is 0.966. The van der Waals surface area contributed by atoms with E-state index in [-0.39, 0.29) is 5.91 Å². The Kier molecular flexibility index (Phi) is 8.58. The first-order chi connectivity index (χ1) is 8.22. The van der Waals surface area contributed by atoms with Crippen molar-refractivity contribution in [1.82, 2.24) is 15.3 Å². The minimum Gasteiger partial charge on any atom is -0.387 e. The van der Waals surface area contributed by atoms with Crippen LogP contribution in [-0.4, -0.2) is 40.7 Å². The molecule has 0 fully saturated rings. The molecule has 0 spiro atoms. The third-order valence-electron chi connectivity index (χ3n) is 1.67. The Morgan fingerprint density at radius 3 is 2.71 bits per heavy atom. The summed E-state index contributed by atoms with van der Waals surface area (Å²) in [6.07, 6.45) is 1.66. The van der Waals surface area contributed by atoms with Gasteiger partial charge in [0.05, 0.1) is 0 Å². The molecule has 6 heteroatoms. The van der Waals surface area contributed by atoms with Crippen molar-refractivity contribution in [2.45, 2.75) is 20.8 Å². The van der Waals surface area contributed by atoms with E-state index in [1.807, 2.05) is 20.8 Å². The molecule has 1 rings (SSSR count). The number of nitrogens with zero attached hydrogens (tertiary/aromatic N) is 2. The lowest BCUT2D eigenvalue weighted by atomic mass is 10.5. The van der Waals surface area contributed by atoms with Crippen LogP contribution in [0, 0.1) is 6.92 Å². The predicted molar refractivity (Wildman–Crippen MR) is 66.7 cm³/mol. The van der Waals surface area contributed by atoms with Crippen molar-refractivity contribution >= 4 is 11.9 Å². The van der Waals surface area contributed by atoms with Crippen LogP contribution in [0.5, 0.6) is 0 Å². The summed E-state index contributed by atoms with van der Waals surface area (Å²) in [4.78, 5) is 18.8. The lowest BCUT2D eigenvalue weighted by Gasteiger charge is -2.05. The average Bonchev–Trinajstić information content (AvgIpc) is 2.37. The summed E-state index contributed by atoms with van der Waals surface area (Å²) >= 11 is 0. The van der Waals surface area contributed by atoms with Crippen LogP contribution in [0.4, 0.5) is 5.95 Å². The Balaban J connectivity index is 0.00000121. The molecule has 0 saturated heterocycles. The largest absolute Gasteiger partial charge is 0.387 e. The third-order valence-corrected chi connectivity index (χ3v) is 1.67. The molecular weight excluding hydrogens is 220 g/mol. The number of amides is 1. The van der Waals surface area contributed by atoms with E-state index in [2.05, 4.69) is 20.6 Å². The maximum Gasteiger partial charge on any atom is 0.245 e. The number of aromatic nitrogens is 2. The predicted octanol–water partition coefficient (Wildman–Crippen LogP) is 0.332. The van der Waals surface area contributed by atoms with Gasteiger partial charge in [0.15, 0.2) is 0 Å². The maximum absolute atomic E-state index is 10.7. The van der Waals surface area contributed by atoms with E-state index >= 15 is 0 Å². The number of carbonyl (C=O) groups excluding carboxylic acids is 1. The first-order valence-corrected chi connectivity index (χ1v) is 5.63. The Morgan fingerprint density at radius 1 is 1.41 bits per heavy atom. The van der Waals surface area contributed by atoms with Crippen molar-refractivity contribution in [3.8, 4) is 0 Å². The molecule has 96 valence electrons. The molecule has 1 heterocycles. The standard InChI is InChI=1S/C9H14N4O2.C2H6/c1-7-2-3-11-9(13-7)12-5-4-10-8(15)6-14;1-2/h2-3,14H,4-6H2,1H3,(H,10,15)(H,11,12,13);1-2H3. The van der Waals surface area contributed by atoms with Crippen LogP contribution in [0.15, 0.2) is 12.3 Å². The number of anilines is 1. The Hall–Kier alpha value is -1.69. The highest BCUT2D eigenvalue weighted by atomic mass is 16.3. The van der Waals surface area contributed by atoms with Gasteiger partial charge in [-0.2, -0.15) is 0 Å². The molecule has 0 aliphatic carbocycles. The van der Waals surface area contributed by atoms with Gasteiger partial charge in [0.2, 0.25) is 11.9 Å². The second kappa shape index (κ2) is 9.53. The number of hydrogen-bond donors (Lipinski definition) is 3. The van der Waals surface area contributed by atoms with Crippen molar-refractivity contribution in [2.75, 3.05) is 25.0 Å². The van der Waals surface area contributed by atoms with Gasteiger partial charge >= 0.3 is 0 Å². The second-order valence-electron chi connectivity index (χ2n) is 2.96. The minimum atomic E-state index is -0.485. The summed E-state index contributed by atoms with van der Waals surface area (Å²) in [7, 11) is 0. The molecule has 0 aliphatic heterocycles. The molecule has 17 heavy (non-hydrogen) atoms. The zero-order valence-corrected chi connectivity index (χ0v) is 10.5. The van der Waals surface area contributed by atoms with Crippen molar-refractivity contribution in [1.29, 1.82) is 0 Å². The van der Waals surface area contributed by atoms with Crippen molar-refractivity contribution in [2.24, 2.45) is 0 Å². The molecule has 1 aromatic heterocycles. The number of rotatable bonds is 5. The fraction of sp³-hybridized carbons (Fsp3) is 0.545. The van der Waals surface area contributed by atoms with Crippen molar-refractivity contribution in [3.63, 3.8) is 0 Å². The third kappa shape index (κ3) is 7.24. The Bertz CT molecular complexity index is 331. The molecule has 1 aromatic rings. The van der Waals surface area contributed by atoms with Gasteiger partial charge in [0.25, 0.3) is 0 Å². The molecule has 1 amide bonds. The monoisotopic (exact) mass is 240 g/mol. The number of hydrogen-bond acceptors (Lipinski definition) is 5. The molecule has 0 atom stereocenters. The normalized spacial score (nSPS) is 8.94. The zero-order valence-electron chi connectivity index (χ0n) is 10.5. The van der Waals surface area contributed by atoms with Gasteiger partial charge in [0, 0.05) is 25.0 Å². The van der Waals surface area contributed by atoms with Crippen LogP contribution in [0.1, 0.15) is 19.5 Å². The Labute approximate surface area is 101 Å². The smallest absolute Gasteiger partial charge is 0.245 e. The zero-order chi connectivity index (χ0) is 13.1. The molecule has 3 N–H and O–H groups in total. The number of nitrogens with one attached hydrogen (secondary N) is 2. The summed E-state index contributed by atoms with van der Waals surface area (Å²) in [5.74, 6) is 0.148. The summed E-state index contributed by atoms with van der Waals surface area (Å²) in [6, 6.07) is 1.80. The lowest BCUT2D eigenvalue weighted by molar-refractivity contribution is -0.123. The van der Waals surface area contributed by atoms with E-state index in [4.69, 9.17) is 5.11 Å². The van der Waals surface area contributed by atoms with Gasteiger partial charge in [-0.05, 0) is 13.0 Å². The van der Waals surface area contributed by atoms with Crippen LogP contribution in [0.2, 0.25) is 0 Å². The number of aliphatic hydroxyl groups is 1. The topological polar surface area (TPSA) is 87.1 Å². The number of aliphatic hydroxyl groups excluding tert-OH is 1. The molecule has 6 nitrogen and oxygen atoms in total. The molecule has 0 saturated carbocycles. The first-order valence-electron chi connectivity index (χ1n) is 5.63. The van der Waals surface area contributed by atoms with Gasteiger partial charge in [-0.1, -0.05) is 13.8 Å². The molecule has 0 aliphatic rings. The lowest BCUT2D eigenvalue weighted by Crippen LogP contribution is -2.31. The van der Waals surface area contributed by atoms with E-state index in [9.17, 15) is 4.79 Å². The summed E-state index contributed by atoms with van der Waals surface area (Å²) in [6.45, 7) is 6.34. The molecule has 0 radical (unpaired) electrons. The van der Waals surface area contributed by atoms with Crippen LogP contribution in [-0.2, 0) is 4.79 Å². The highest BCUT2D eigenvalue weighted by Gasteiger charge is 1.97. The highest BCUT2D eigenvalue weighted by Crippen LogP contribution is 1.97. The van der Waals surface area contributed by atoms with E-state index in [1.54, 1.807) is 12.3 Å². The van der Waals surface area contributed by atoms with E-state index < -0.39 is 6.61 Å². The molecular formula is C11H20N4O2. The molecule has 0 bridgehead atoms. The highest BCUT2D eigenvalue weighted by molar-refractivity contribution is 5.76. The van der Waals surface area contributed by atoms with Crippen LogP contribution in [0.3, 0.4) is 0 Å². The van der Waals surface area contributed by atoms with Crippen LogP contribution >= 0.6 is 0 Å². The van der Waals surface area contributed by atoms with Crippen molar-refractivity contribution in [3.05, 3.63) is 18.0 Å². The number of aryl methyl sites for hydroxylation is 1. The van der Waals surface area contributed by atoms with E-state index in [0.29, 0.717) is 19.0 Å². The molecule has 0 unspecified atom stereocenters. The van der Waals surface area contributed by atoms with Gasteiger partial charge in [-0.3, -0.25) is 4.79 Å². The van der Waals surface area contributed by atoms with Crippen LogP contribution < -0.4 is 10.6 Å². The Morgan fingerprint density at radius 2 is 2.12 bits per heavy atom. The van der Waals surface area contributed by atoms with E-state index in [1.165, 1.54) is 0 Å². The summed E-state index contributed by atoms with van der Waals surface area (Å²) in [5, 5.41) is 13.9. The maximum atomic E-state index is 10.7. The number of carbonyl (C=O) groups is 1. The van der Waals surface area contributed by atoms with Crippen molar-refractivity contribution < 1.29 is 9.90 Å². The second-order valence-corrected chi connectivity index (χ2v) is 2.96. The molecule has 0 aromatic carbocycles. The van der Waals surface area contributed by atoms with Gasteiger partial charge in [0.1, 0.15) is 6.61 Å². The average molecular weight is 240 g/mol. The van der Waals surface area contributed by atoms with Crippen LogP contribution in [0.25, 0.3) is 0 Å². The first kappa shape index (κ1) is 15.3. The van der Waals surface area contributed by atoms with Gasteiger partial charge < -0.3 is 15.7 Å². The SMILES string of the molecule is CC.Cc1ccnc(NCCNC(=O)CO)n1. The quantitative estimate of drug-likeness (QED) is 0.646.